The van der Waals surface area contributed by atoms with Crippen LogP contribution in [0.4, 0.5) is 4.79 Å². The molecule has 3 amide bonds. The molecule has 6 N–H and O–H groups in total. The van der Waals surface area contributed by atoms with E-state index >= 15 is 0 Å². The minimum absolute atomic E-state index is 0.0183. The number of hydroxylamine groups is 2. The number of carboxylic acid groups (broad SMARTS) is 1. The van der Waals surface area contributed by atoms with Crippen molar-refractivity contribution in [2.75, 3.05) is 26.7 Å². The van der Waals surface area contributed by atoms with Gasteiger partial charge in [0, 0.05) is 26.2 Å². The standard InChI is InChI=1S/C18H28N8O9S/c1-20-16(23-34-9-13(27)21-6-4-3-5-11(19)17(28)29)15-14-10(7-22-24(14)2)12-8-25(15)18(30)26(12)35-36(31,32)33/h7,11-12,15H,3-6,8-9,19H2,1-2H3,(H,20,23)(H,21,27)(H,28,29)(H,31,32,33)/t11-,12+,15-/m0/s1. The minimum atomic E-state index is -4.96. The quantitative estimate of drug-likeness (QED) is 0.0662. The van der Waals surface area contributed by atoms with E-state index < -0.39 is 53.0 Å². The molecular formula is C18H28N8O9S. The van der Waals surface area contributed by atoms with Gasteiger partial charge in [-0.25, -0.2) is 4.79 Å². The molecule has 18 heteroatoms. The first-order chi connectivity index (χ1) is 16.9. The third kappa shape index (κ3) is 6.01. The SMILES string of the molecule is CN/C(=N\OCC(=O)NCCCC[C@H](N)C(=O)O)[C@@H]1c2c(cnn2C)[C@H]2CN1C(=O)N2OS(=O)(=O)O. The number of amides is 3. The second kappa shape index (κ2) is 11.1. The van der Waals surface area contributed by atoms with Crippen LogP contribution in [0.2, 0.25) is 0 Å². The average molecular weight is 533 g/mol. The third-order valence-corrected chi connectivity index (χ3v) is 6.01. The number of carbonyl (C=O) groups excluding carboxylic acids is 2. The highest BCUT2D eigenvalue weighted by molar-refractivity contribution is 7.80. The summed E-state index contributed by atoms with van der Waals surface area (Å²) in [5.41, 5.74) is 6.40. The molecule has 2 bridgehead atoms. The molecule has 1 saturated heterocycles. The first-order valence-corrected chi connectivity index (χ1v) is 12.2. The van der Waals surface area contributed by atoms with Gasteiger partial charge >= 0.3 is 22.4 Å². The van der Waals surface area contributed by atoms with E-state index in [1.807, 2.05) is 0 Å². The van der Waals surface area contributed by atoms with E-state index in [0.29, 0.717) is 35.7 Å². The number of aryl methyl sites for hydroxylation is 1. The summed E-state index contributed by atoms with van der Waals surface area (Å²) in [6.07, 6.45) is 2.80. The number of nitrogens with one attached hydrogen (secondary N) is 2. The fourth-order valence-corrected chi connectivity index (χ4v) is 4.36. The van der Waals surface area contributed by atoms with Crippen molar-refractivity contribution >= 4 is 34.1 Å². The Morgan fingerprint density at radius 1 is 1.39 bits per heavy atom. The van der Waals surface area contributed by atoms with Gasteiger partial charge in [0.1, 0.15) is 18.1 Å². The smallest absolute Gasteiger partial charge is 0.418 e. The van der Waals surface area contributed by atoms with E-state index in [4.69, 9.17) is 20.2 Å². The summed E-state index contributed by atoms with van der Waals surface area (Å²) in [5, 5.41) is 22.9. The molecule has 0 spiro atoms. The Labute approximate surface area is 206 Å². The molecule has 1 aromatic heterocycles. The molecule has 36 heavy (non-hydrogen) atoms. The van der Waals surface area contributed by atoms with Crippen molar-refractivity contribution < 1.29 is 41.6 Å². The number of carbonyl (C=O) groups is 3. The van der Waals surface area contributed by atoms with Crippen LogP contribution < -0.4 is 16.4 Å². The number of hydrogen-bond acceptors (Lipinski definition) is 10. The lowest BCUT2D eigenvalue weighted by molar-refractivity contribution is -0.138. The van der Waals surface area contributed by atoms with Crippen LogP contribution in [0.3, 0.4) is 0 Å². The predicted octanol–water partition coefficient (Wildman–Crippen LogP) is -1.76. The summed E-state index contributed by atoms with van der Waals surface area (Å²) in [6, 6.07) is -3.49. The zero-order valence-corrected chi connectivity index (χ0v) is 20.3. The Balaban J connectivity index is 1.64. The van der Waals surface area contributed by atoms with Crippen molar-refractivity contribution in [3.8, 4) is 0 Å². The molecule has 0 aromatic carbocycles. The number of urea groups is 1. The first-order valence-electron chi connectivity index (χ1n) is 10.9. The Kier molecular flexibility index (Phi) is 8.33. The summed E-state index contributed by atoms with van der Waals surface area (Å²) in [7, 11) is -1.80. The van der Waals surface area contributed by atoms with Crippen LogP contribution in [0.15, 0.2) is 11.4 Å². The van der Waals surface area contributed by atoms with Crippen LogP contribution >= 0.6 is 0 Å². The molecule has 3 rings (SSSR count). The molecule has 1 fully saturated rings. The molecule has 2 aliphatic rings. The Morgan fingerprint density at radius 2 is 2.11 bits per heavy atom. The highest BCUT2D eigenvalue weighted by Crippen LogP contribution is 2.44. The highest BCUT2D eigenvalue weighted by atomic mass is 32.3. The number of aliphatic carboxylic acids is 1. The van der Waals surface area contributed by atoms with Gasteiger partial charge in [0.25, 0.3) is 5.91 Å². The fourth-order valence-electron chi connectivity index (χ4n) is 3.99. The number of likely N-dealkylation sites (N-methyl/N-ethyl adjacent to an activating group) is 1. The summed E-state index contributed by atoms with van der Waals surface area (Å²) in [4.78, 5) is 42.1. The first kappa shape index (κ1) is 27.1. The van der Waals surface area contributed by atoms with Gasteiger partial charge in [-0.15, -0.1) is 4.28 Å². The molecule has 200 valence electrons. The summed E-state index contributed by atoms with van der Waals surface area (Å²) >= 11 is 0. The van der Waals surface area contributed by atoms with Crippen molar-refractivity contribution in [1.82, 2.24) is 30.4 Å². The third-order valence-electron chi connectivity index (χ3n) is 5.66. The highest BCUT2D eigenvalue weighted by Gasteiger charge is 2.53. The van der Waals surface area contributed by atoms with Gasteiger partial charge < -0.3 is 31.2 Å². The minimum Gasteiger partial charge on any atom is -0.480 e. The number of aromatic nitrogens is 2. The maximum absolute atomic E-state index is 12.9. The van der Waals surface area contributed by atoms with Crippen LogP contribution in [0.1, 0.15) is 42.6 Å². The van der Waals surface area contributed by atoms with Crippen LogP contribution in [-0.2, 0) is 36.2 Å². The van der Waals surface area contributed by atoms with Gasteiger partial charge in [-0.1, -0.05) is 5.16 Å². The molecule has 2 aliphatic heterocycles. The summed E-state index contributed by atoms with van der Waals surface area (Å²) in [6.45, 7) is -0.116. The molecule has 1 aromatic rings. The van der Waals surface area contributed by atoms with Gasteiger partial charge in [0.05, 0.1) is 18.4 Å². The lowest BCUT2D eigenvalue weighted by atomic mass is 9.97. The number of oxime groups is 1. The van der Waals surface area contributed by atoms with Crippen molar-refractivity contribution in [3.63, 3.8) is 0 Å². The van der Waals surface area contributed by atoms with Crippen LogP contribution in [0, 0.1) is 0 Å². The summed E-state index contributed by atoms with van der Waals surface area (Å²) in [5.74, 6) is -1.41. The zero-order chi connectivity index (χ0) is 26.6. The molecule has 0 saturated carbocycles. The molecule has 0 radical (unpaired) electrons. The van der Waals surface area contributed by atoms with E-state index in [-0.39, 0.29) is 18.8 Å². The Hall–Kier alpha value is -3.48. The zero-order valence-electron chi connectivity index (χ0n) is 19.5. The number of nitrogens with zero attached hydrogens (tertiary/aromatic N) is 5. The number of rotatable bonds is 12. The molecule has 3 atom stereocenters. The van der Waals surface area contributed by atoms with Crippen molar-refractivity contribution in [2.45, 2.75) is 37.4 Å². The lowest BCUT2D eigenvalue weighted by Gasteiger charge is -2.31. The second-order valence-corrected chi connectivity index (χ2v) is 9.09. The van der Waals surface area contributed by atoms with Gasteiger partial charge in [0.2, 0.25) is 0 Å². The topological polar surface area (TPSA) is 231 Å². The van der Waals surface area contributed by atoms with Crippen molar-refractivity contribution in [3.05, 3.63) is 17.5 Å². The number of nitrogens with two attached hydrogens (primary N) is 1. The van der Waals surface area contributed by atoms with E-state index in [1.165, 1.54) is 22.8 Å². The largest absolute Gasteiger partial charge is 0.480 e. The average Bonchev–Trinajstić information content (AvgIpc) is 3.31. The van der Waals surface area contributed by atoms with Crippen molar-refractivity contribution in [2.24, 2.45) is 17.9 Å². The van der Waals surface area contributed by atoms with Gasteiger partial charge in [-0.3, -0.25) is 18.8 Å². The lowest BCUT2D eigenvalue weighted by Crippen LogP contribution is -2.43. The summed E-state index contributed by atoms with van der Waals surface area (Å²) < 4.78 is 37.6. The maximum atomic E-state index is 12.9. The number of unbranched alkanes of at least 4 members (excludes halogenated alkanes) is 1. The van der Waals surface area contributed by atoms with Crippen LogP contribution in [0.25, 0.3) is 0 Å². The Bertz CT molecular complexity index is 1140. The Morgan fingerprint density at radius 3 is 2.75 bits per heavy atom. The molecule has 0 unspecified atom stereocenters. The number of carboxylic acids is 1. The van der Waals surface area contributed by atoms with Crippen LogP contribution in [-0.4, -0.2) is 94.3 Å². The van der Waals surface area contributed by atoms with E-state index in [2.05, 4.69) is 25.2 Å². The molecule has 3 heterocycles. The normalized spacial score (nSPS) is 20.2. The van der Waals surface area contributed by atoms with Crippen molar-refractivity contribution in [1.29, 1.82) is 0 Å². The maximum Gasteiger partial charge on any atom is 0.418 e. The van der Waals surface area contributed by atoms with Gasteiger partial charge in [-0.05, 0) is 19.3 Å². The van der Waals surface area contributed by atoms with Crippen LogP contribution in [0.5, 0.6) is 0 Å². The second-order valence-electron chi connectivity index (χ2n) is 8.08. The number of hydrogen-bond donors (Lipinski definition) is 5. The number of amidine groups is 1. The van der Waals surface area contributed by atoms with E-state index in [0.717, 1.165) is 0 Å². The van der Waals surface area contributed by atoms with Gasteiger partial charge in [-0.2, -0.15) is 18.6 Å². The molecular weight excluding hydrogens is 504 g/mol. The number of fused-ring (bicyclic) bond motifs is 4. The molecule has 0 aliphatic carbocycles. The van der Waals surface area contributed by atoms with Gasteiger partial charge in [0.15, 0.2) is 12.4 Å². The monoisotopic (exact) mass is 532 g/mol. The molecule has 17 nitrogen and oxygen atoms in total. The van der Waals surface area contributed by atoms with E-state index in [9.17, 15) is 22.8 Å². The predicted molar refractivity (Wildman–Crippen MR) is 120 cm³/mol. The fraction of sp³-hybridized carbons (Fsp3) is 0.611. The van der Waals surface area contributed by atoms with E-state index in [1.54, 1.807) is 7.05 Å².